The smallest absolute Gasteiger partial charge is 0.326 e. The third-order valence-corrected chi connectivity index (χ3v) is 5.79. The summed E-state index contributed by atoms with van der Waals surface area (Å²) in [6.07, 6.45) is 1.97. The Morgan fingerprint density at radius 1 is 0.865 bits per heavy atom. The summed E-state index contributed by atoms with van der Waals surface area (Å²) >= 11 is 1.45. The highest BCUT2D eigenvalue weighted by molar-refractivity contribution is 7.98. The maximum atomic E-state index is 13.0. The minimum Gasteiger partial charge on any atom is -0.481 e. The van der Waals surface area contributed by atoms with Gasteiger partial charge in [0, 0.05) is 13.0 Å². The van der Waals surface area contributed by atoms with Gasteiger partial charge in [0.05, 0.1) is 6.04 Å². The molecule has 0 spiro atoms. The number of carbonyl (C=O) groups excluding carboxylic acids is 3. The molecule has 0 aromatic carbocycles. The zero-order valence-electron chi connectivity index (χ0n) is 21.6. The first-order valence-corrected chi connectivity index (χ1v) is 13.3. The second kappa shape index (κ2) is 18.2. The van der Waals surface area contributed by atoms with Gasteiger partial charge in [-0.25, -0.2) is 4.79 Å². The Bertz CT molecular complexity index is 806. The number of aliphatic carboxylic acids is 2. The molecular formula is C22H41N7O7S. The summed E-state index contributed by atoms with van der Waals surface area (Å²) in [5.74, 6) is -4.09. The van der Waals surface area contributed by atoms with E-state index < -0.39 is 60.2 Å². The zero-order valence-corrected chi connectivity index (χ0v) is 22.4. The topological polar surface area (TPSA) is 252 Å². The van der Waals surface area contributed by atoms with Gasteiger partial charge in [0.15, 0.2) is 5.96 Å². The molecule has 0 saturated heterocycles. The molecule has 0 heterocycles. The minimum absolute atomic E-state index is 0.00239. The molecule has 0 aromatic rings. The molecule has 0 fully saturated rings. The summed E-state index contributed by atoms with van der Waals surface area (Å²) < 4.78 is 0. The van der Waals surface area contributed by atoms with Crippen molar-refractivity contribution in [2.45, 2.75) is 76.5 Å². The zero-order chi connectivity index (χ0) is 28.5. The van der Waals surface area contributed by atoms with Crippen molar-refractivity contribution in [2.75, 3.05) is 18.6 Å². The number of nitrogens with one attached hydrogen (secondary N) is 3. The number of aliphatic imine (C=N–C) groups is 1. The molecule has 14 nitrogen and oxygen atoms in total. The fraction of sp³-hybridized carbons (Fsp3) is 0.727. The summed E-state index contributed by atoms with van der Waals surface area (Å²) in [6.45, 7) is 3.96. The highest BCUT2D eigenvalue weighted by Gasteiger charge is 2.30. The molecule has 4 unspecified atom stereocenters. The van der Waals surface area contributed by atoms with Gasteiger partial charge in [-0.3, -0.25) is 24.2 Å². The summed E-state index contributed by atoms with van der Waals surface area (Å²) in [4.78, 5) is 64.9. The van der Waals surface area contributed by atoms with Crippen LogP contribution in [0.2, 0.25) is 0 Å². The summed E-state index contributed by atoms with van der Waals surface area (Å²) in [5.41, 5.74) is 16.4. The number of rotatable bonds is 19. The van der Waals surface area contributed by atoms with Gasteiger partial charge < -0.3 is 43.4 Å². The number of nitrogens with zero attached hydrogens (tertiary/aromatic N) is 1. The van der Waals surface area contributed by atoms with Crippen molar-refractivity contribution in [2.24, 2.45) is 28.1 Å². The molecule has 0 aliphatic heterocycles. The lowest BCUT2D eigenvalue weighted by Gasteiger charge is -2.25. The maximum Gasteiger partial charge on any atom is 0.326 e. The Kier molecular flexibility index (Phi) is 16.7. The van der Waals surface area contributed by atoms with Crippen molar-refractivity contribution in [1.82, 2.24) is 16.0 Å². The van der Waals surface area contributed by atoms with Crippen molar-refractivity contribution < 1.29 is 34.2 Å². The van der Waals surface area contributed by atoms with Gasteiger partial charge in [0.25, 0.3) is 0 Å². The molecule has 0 rings (SSSR count). The van der Waals surface area contributed by atoms with Crippen molar-refractivity contribution in [3.05, 3.63) is 0 Å². The van der Waals surface area contributed by atoms with Crippen LogP contribution in [0.1, 0.15) is 52.4 Å². The number of hydrogen-bond donors (Lipinski definition) is 8. The van der Waals surface area contributed by atoms with Crippen molar-refractivity contribution in [1.29, 1.82) is 0 Å². The maximum absolute atomic E-state index is 13.0. The van der Waals surface area contributed by atoms with Crippen molar-refractivity contribution in [3.8, 4) is 0 Å². The van der Waals surface area contributed by atoms with Gasteiger partial charge in [-0.2, -0.15) is 11.8 Å². The van der Waals surface area contributed by atoms with E-state index in [0.717, 1.165) is 0 Å². The van der Waals surface area contributed by atoms with E-state index in [2.05, 4.69) is 20.9 Å². The number of guanidine groups is 1. The van der Waals surface area contributed by atoms with E-state index in [-0.39, 0.29) is 44.1 Å². The van der Waals surface area contributed by atoms with Crippen LogP contribution in [-0.2, 0) is 24.0 Å². The first-order chi connectivity index (χ1) is 17.3. The Hall–Kier alpha value is -3.07. The van der Waals surface area contributed by atoms with Crippen LogP contribution in [0, 0.1) is 5.92 Å². The number of amides is 3. The van der Waals surface area contributed by atoms with Gasteiger partial charge in [-0.05, 0) is 50.0 Å². The number of nitrogens with two attached hydrogens (primary N) is 3. The molecular weight excluding hydrogens is 506 g/mol. The lowest BCUT2D eigenvalue weighted by molar-refractivity contribution is -0.143. The molecule has 212 valence electrons. The number of carbonyl (C=O) groups is 5. The van der Waals surface area contributed by atoms with Crippen molar-refractivity contribution in [3.63, 3.8) is 0 Å². The largest absolute Gasteiger partial charge is 0.481 e. The predicted molar refractivity (Wildman–Crippen MR) is 141 cm³/mol. The lowest BCUT2D eigenvalue weighted by atomic mass is 10.0. The van der Waals surface area contributed by atoms with Crippen LogP contribution < -0.4 is 33.2 Å². The van der Waals surface area contributed by atoms with E-state index in [4.69, 9.17) is 22.3 Å². The van der Waals surface area contributed by atoms with Gasteiger partial charge in [-0.15, -0.1) is 0 Å². The summed E-state index contributed by atoms with van der Waals surface area (Å²) in [7, 11) is 0. The van der Waals surface area contributed by atoms with E-state index in [9.17, 15) is 29.1 Å². The highest BCUT2D eigenvalue weighted by atomic mass is 32.2. The van der Waals surface area contributed by atoms with Crippen LogP contribution in [0.5, 0.6) is 0 Å². The van der Waals surface area contributed by atoms with E-state index in [1.807, 2.05) is 20.1 Å². The molecule has 4 atom stereocenters. The van der Waals surface area contributed by atoms with Crippen LogP contribution in [0.4, 0.5) is 0 Å². The molecule has 0 aliphatic rings. The number of hydrogen-bond acceptors (Lipinski definition) is 8. The van der Waals surface area contributed by atoms with E-state index >= 15 is 0 Å². The van der Waals surface area contributed by atoms with Gasteiger partial charge in [-0.1, -0.05) is 13.8 Å². The average molecular weight is 548 g/mol. The van der Waals surface area contributed by atoms with E-state index in [0.29, 0.717) is 12.2 Å². The number of carboxylic acids is 2. The molecule has 0 aliphatic carbocycles. The Morgan fingerprint density at radius 3 is 1.89 bits per heavy atom. The standard InChI is InChI=1S/C22H41N7O7S/c1-12(2)11-13(23)18(32)27-15(8-10-37-3)20(34)28-14(6-7-17(30)31)19(33)29-16(21(35)36)5-4-9-26-22(24)25/h12-16H,4-11,23H2,1-3H3,(H,27,32)(H,28,34)(H,29,33)(H,30,31)(H,35,36)(H4,24,25,26). The second-order valence-electron chi connectivity index (χ2n) is 8.92. The monoisotopic (exact) mass is 547 g/mol. The normalized spacial score (nSPS) is 14.1. The quantitative estimate of drug-likeness (QED) is 0.0528. The second-order valence-corrected chi connectivity index (χ2v) is 9.91. The van der Waals surface area contributed by atoms with Crippen LogP contribution in [0.15, 0.2) is 4.99 Å². The Morgan fingerprint density at radius 2 is 1.41 bits per heavy atom. The number of thioether (sulfide) groups is 1. The molecule has 3 amide bonds. The Balaban J connectivity index is 5.51. The van der Waals surface area contributed by atoms with Crippen LogP contribution in [-0.4, -0.2) is 88.6 Å². The molecule has 11 N–H and O–H groups in total. The molecule has 0 saturated carbocycles. The minimum atomic E-state index is -1.35. The van der Waals surface area contributed by atoms with Gasteiger partial charge in [0.2, 0.25) is 17.7 Å². The predicted octanol–water partition coefficient (Wildman–Crippen LogP) is -1.43. The molecule has 0 aromatic heterocycles. The van der Waals surface area contributed by atoms with Crippen LogP contribution >= 0.6 is 11.8 Å². The summed E-state index contributed by atoms with van der Waals surface area (Å²) in [6, 6.07) is -4.51. The van der Waals surface area contributed by atoms with Gasteiger partial charge in [0.1, 0.15) is 18.1 Å². The van der Waals surface area contributed by atoms with E-state index in [1.54, 1.807) is 0 Å². The molecule has 0 radical (unpaired) electrons. The Labute approximate surface area is 220 Å². The average Bonchev–Trinajstić information content (AvgIpc) is 2.79. The third-order valence-electron chi connectivity index (χ3n) is 5.15. The third kappa shape index (κ3) is 15.6. The fourth-order valence-corrected chi connectivity index (χ4v) is 3.71. The van der Waals surface area contributed by atoms with Crippen molar-refractivity contribution >= 4 is 47.4 Å². The first-order valence-electron chi connectivity index (χ1n) is 11.9. The van der Waals surface area contributed by atoms with Crippen LogP contribution in [0.3, 0.4) is 0 Å². The highest BCUT2D eigenvalue weighted by Crippen LogP contribution is 2.08. The summed E-state index contributed by atoms with van der Waals surface area (Å²) in [5, 5.41) is 25.9. The molecule has 0 bridgehead atoms. The SMILES string of the molecule is CSCCC(NC(=O)C(N)CC(C)C)C(=O)NC(CCC(=O)O)C(=O)NC(CCCN=C(N)N)C(=O)O. The first kappa shape index (κ1) is 33.9. The molecule has 37 heavy (non-hydrogen) atoms. The van der Waals surface area contributed by atoms with Crippen LogP contribution in [0.25, 0.3) is 0 Å². The number of carboxylic acid groups (broad SMARTS) is 2. The van der Waals surface area contributed by atoms with E-state index in [1.165, 1.54) is 11.8 Å². The fourth-order valence-electron chi connectivity index (χ4n) is 3.24. The lowest BCUT2D eigenvalue weighted by Crippen LogP contribution is -2.57. The molecule has 15 heteroatoms. The van der Waals surface area contributed by atoms with Gasteiger partial charge >= 0.3 is 11.9 Å².